The average molecular weight is 430 g/mol. The topological polar surface area (TPSA) is 97.3 Å². The van der Waals surface area contributed by atoms with E-state index in [1.165, 1.54) is 0 Å². The van der Waals surface area contributed by atoms with Crippen LogP contribution in [0.4, 0.5) is 5.82 Å². The fourth-order valence-electron chi connectivity index (χ4n) is 3.22. The molecule has 2 aromatic rings. The molecule has 1 unspecified atom stereocenters. The number of furan rings is 1. The van der Waals surface area contributed by atoms with Gasteiger partial charge in [0.1, 0.15) is 23.0 Å². The van der Waals surface area contributed by atoms with Crippen molar-refractivity contribution in [3.8, 4) is 0 Å². The van der Waals surface area contributed by atoms with Gasteiger partial charge in [-0.25, -0.2) is 9.97 Å². The molecule has 0 spiro atoms. The third-order valence-electron chi connectivity index (χ3n) is 4.72. The van der Waals surface area contributed by atoms with Crippen LogP contribution in [0, 0.1) is 0 Å². The SMILES string of the molecule is CC(C)c1ncc(C(=O)N2CCCCC2CN)c(NCc2ccco2)n1.Cl.Cl. The van der Waals surface area contributed by atoms with E-state index in [9.17, 15) is 4.79 Å². The highest BCUT2D eigenvalue weighted by Gasteiger charge is 2.29. The summed E-state index contributed by atoms with van der Waals surface area (Å²) in [5, 5.41) is 3.24. The van der Waals surface area contributed by atoms with E-state index in [4.69, 9.17) is 10.2 Å². The zero-order valence-corrected chi connectivity index (χ0v) is 17.9. The number of halogens is 2. The molecule has 7 nitrogen and oxygen atoms in total. The van der Waals surface area contributed by atoms with E-state index >= 15 is 0 Å². The molecule has 0 aliphatic carbocycles. The number of nitrogens with zero attached hydrogens (tertiary/aromatic N) is 3. The summed E-state index contributed by atoms with van der Waals surface area (Å²) >= 11 is 0. The van der Waals surface area contributed by atoms with Gasteiger partial charge in [-0.15, -0.1) is 24.8 Å². The summed E-state index contributed by atoms with van der Waals surface area (Å²) < 4.78 is 5.37. The molecule has 0 saturated carbocycles. The molecule has 3 rings (SSSR count). The third-order valence-corrected chi connectivity index (χ3v) is 4.72. The minimum Gasteiger partial charge on any atom is -0.467 e. The van der Waals surface area contributed by atoms with Crippen LogP contribution in [-0.4, -0.2) is 39.9 Å². The van der Waals surface area contributed by atoms with Crippen molar-refractivity contribution in [2.24, 2.45) is 5.73 Å². The van der Waals surface area contributed by atoms with E-state index in [1.54, 1.807) is 12.5 Å². The van der Waals surface area contributed by atoms with E-state index < -0.39 is 0 Å². The summed E-state index contributed by atoms with van der Waals surface area (Å²) in [5.74, 6) is 2.15. The van der Waals surface area contributed by atoms with Gasteiger partial charge in [0, 0.05) is 31.2 Å². The summed E-state index contributed by atoms with van der Waals surface area (Å²) in [6, 6.07) is 3.80. The average Bonchev–Trinajstić information content (AvgIpc) is 3.19. The Hall–Kier alpha value is -1.83. The van der Waals surface area contributed by atoms with Gasteiger partial charge in [0.15, 0.2) is 0 Å². The Morgan fingerprint density at radius 2 is 2.18 bits per heavy atom. The van der Waals surface area contributed by atoms with Crippen LogP contribution in [0.15, 0.2) is 29.0 Å². The van der Waals surface area contributed by atoms with E-state index in [0.717, 1.165) is 31.6 Å². The highest BCUT2D eigenvalue weighted by molar-refractivity contribution is 5.98. The number of nitrogens with one attached hydrogen (secondary N) is 1. The van der Waals surface area contributed by atoms with Gasteiger partial charge in [0.25, 0.3) is 5.91 Å². The minimum absolute atomic E-state index is 0. The number of piperidine rings is 1. The first-order valence-corrected chi connectivity index (χ1v) is 9.24. The molecule has 1 amide bonds. The Kier molecular flexibility index (Phi) is 9.72. The minimum atomic E-state index is -0.0580. The first-order chi connectivity index (χ1) is 12.6. The first kappa shape index (κ1) is 24.2. The summed E-state index contributed by atoms with van der Waals surface area (Å²) in [4.78, 5) is 24.0. The van der Waals surface area contributed by atoms with Crippen LogP contribution in [0.2, 0.25) is 0 Å². The van der Waals surface area contributed by atoms with Gasteiger partial charge in [-0.05, 0) is 31.4 Å². The summed E-state index contributed by atoms with van der Waals surface area (Å²) in [6.07, 6.45) is 6.32. The molecule has 1 saturated heterocycles. The van der Waals surface area contributed by atoms with Crippen LogP contribution in [0.1, 0.15) is 61.0 Å². The molecule has 1 atom stereocenters. The number of carbonyl (C=O) groups is 1. The van der Waals surface area contributed by atoms with Crippen molar-refractivity contribution >= 4 is 36.5 Å². The maximum Gasteiger partial charge on any atom is 0.259 e. The molecule has 0 bridgehead atoms. The molecule has 1 aliphatic heterocycles. The predicted octanol–water partition coefficient (Wildman–Crippen LogP) is 3.60. The molecule has 28 heavy (non-hydrogen) atoms. The Bertz CT molecular complexity index is 740. The standard InChI is InChI=1S/C19H27N5O2.2ClH/c1-13(2)17-22-12-16(18(23-17)21-11-15-7-5-9-26-15)19(25)24-8-4-3-6-14(24)10-20;;/h5,7,9,12-14H,3-4,6,8,10-11,20H2,1-2H3,(H,21,22,23);2*1H. The second-order valence-corrected chi connectivity index (χ2v) is 6.96. The summed E-state index contributed by atoms with van der Waals surface area (Å²) in [6.45, 7) is 5.72. The quantitative estimate of drug-likeness (QED) is 0.727. The van der Waals surface area contributed by atoms with Crippen molar-refractivity contribution in [1.82, 2.24) is 14.9 Å². The normalized spacial score (nSPS) is 16.3. The lowest BCUT2D eigenvalue weighted by atomic mass is 10.0. The fourth-order valence-corrected chi connectivity index (χ4v) is 3.22. The number of carbonyl (C=O) groups excluding carboxylic acids is 1. The molecule has 3 N–H and O–H groups in total. The molecular formula is C19H29Cl2N5O2. The molecule has 9 heteroatoms. The molecule has 0 aromatic carbocycles. The van der Waals surface area contributed by atoms with Gasteiger partial charge >= 0.3 is 0 Å². The highest BCUT2D eigenvalue weighted by atomic mass is 35.5. The number of anilines is 1. The van der Waals surface area contributed by atoms with E-state index in [2.05, 4.69) is 15.3 Å². The van der Waals surface area contributed by atoms with Crippen molar-refractivity contribution in [2.45, 2.75) is 51.6 Å². The summed E-state index contributed by atoms with van der Waals surface area (Å²) in [7, 11) is 0. The van der Waals surface area contributed by atoms with Crippen LogP contribution in [0.5, 0.6) is 0 Å². The van der Waals surface area contributed by atoms with Gasteiger partial charge in [0.2, 0.25) is 0 Å². The van der Waals surface area contributed by atoms with Gasteiger partial charge in [-0.3, -0.25) is 4.79 Å². The van der Waals surface area contributed by atoms with Gasteiger partial charge < -0.3 is 20.4 Å². The van der Waals surface area contributed by atoms with Crippen LogP contribution in [0.25, 0.3) is 0 Å². The van der Waals surface area contributed by atoms with Gasteiger partial charge in [-0.1, -0.05) is 13.8 Å². The third kappa shape index (κ3) is 5.59. The van der Waals surface area contributed by atoms with Crippen molar-refractivity contribution in [3.63, 3.8) is 0 Å². The molecule has 0 radical (unpaired) electrons. The van der Waals surface area contributed by atoms with E-state index in [-0.39, 0.29) is 42.7 Å². The van der Waals surface area contributed by atoms with Crippen molar-refractivity contribution in [1.29, 1.82) is 0 Å². The maximum absolute atomic E-state index is 13.2. The predicted molar refractivity (Wildman–Crippen MR) is 114 cm³/mol. The van der Waals surface area contributed by atoms with Crippen molar-refractivity contribution < 1.29 is 9.21 Å². The lowest BCUT2D eigenvalue weighted by Gasteiger charge is -2.35. The van der Waals surface area contributed by atoms with Crippen LogP contribution < -0.4 is 11.1 Å². The molecule has 2 aromatic heterocycles. The largest absolute Gasteiger partial charge is 0.467 e. The van der Waals surface area contributed by atoms with Crippen LogP contribution in [-0.2, 0) is 6.54 Å². The number of rotatable bonds is 6. The van der Waals surface area contributed by atoms with Gasteiger partial charge in [-0.2, -0.15) is 0 Å². The van der Waals surface area contributed by atoms with E-state index in [0.29, 0.717) is 30.3 Å². The number of aromatic nitrogens is 2. The second kappa shape index (κ2) is 11.2. The van der Waals surface area contributed by atoms with Gasteiger partial charge in [0.05, 0.1) is 12.8 Å². The number of amides is 1. The smallest absolute Gasteiger partial charge is 0.259 e. The first-order valence-electron chi connectivity index (χ1n) is 9.24. The number of hydrogen-bond acceptors (Lipinski definition) is 6. The van der Waals surface area contributed by atoms with Crippen LogP contribution in [0.3, 0.4) is 0 Å². The van der Waals surface area contributed by atoms with Crippen molar-refractivity contribution in [2.75, 3.05) is 18.4 Å². The molecule has 1 fully saturated rings. The Balaban J connectivity index is 0.00000196. The maximum atomic E-state index is 13.2. The number of hydrogen-bond donors (Lipinski definition) is 2. The number of nitrogens with two attached hydrogens (primary N) is 1. The Morgan fingerprint density at radius 1 is 1.39 bits per heavy atom. The van der Waals surface area contributed by atoms with Crippen LogP contribution >= 0.6 is 24.8 Å². The monoisotopic (exact) mass is 429 g/mol. The number of likely N-dealkylation sites (tertiary alicyclic amines) is 1. The molecule has 3 heterocycles. The molecule has 1 aliphatic rings. The highest BCUT2D eigenvalue weighted by Crippen LogP contribution is 2.23. The fraction of sp³-hybridized carbons (Fsp3) is 0.526. The molecule has 156 valence electrons. The Morgan fingerprint density at radius 3 is 2.82 bits per heavy atom. The lowest BCUT2D eigenvalue weighted by Crippen LogP contribution is -2.47. The van der Waals surface area contributed by atoms with E-state index in [1.807, 2.05) is 30.9 Å². The zero-order valence-electron chi connectivity index (χ0n) is 16.3. The zero-order chi connectivity index (χ0) is 18.5. The van der Waals surface area contributed by atoms with Crippen molar-refractivity contribution in [3.05, 3.63) is 41.7 Å². The second-order valence-electron chi connectivity index (χ2n) is 6.96. The Labute approximate surface area is 178 Å². The molecular weight excluding hydrogens is 401 g/mol. The summed E-state index contributed by atoms with van der Waals surface area (Å²) in [5.41, 5.74) is 6.37. The lowest BCUT2D eigenvalue weighted by molar-refractivity contribution is 0.0623.